The largest absolute Gasteiger partial charge is 0.495 e. The molecule has 33 heavy (non-hydrogen) atoms. The van der Waals surface area contributed by atoms with E-state index in [2.05, 4.69) is 25.3 Å². The van der Waals surface area contributed by atoms with Crippen molar-refractivity contribution < 1.29 is 22.7 Å². The number of methoxy groups -OCH3 is 1. The fourth-order valence-corrected chi connectivity index (χ4v) is 3.71. The molecule has 1 atom stereocenters. The number of pyridine rings is 1. The summed E-state index contributed by atoms with van der Waals surface area (Å²) in [5.74, 6) is -0.563. The highest BCUT2D eigenvalue weighted by atomic mass is 32.2. The quantitative estimate of drug-likeness (QED) is 0.364. The highest BCUT2D eigenvalue weighted by Crippen LogP contribution is 2.24. The Kier molecular flexibility index (Phi) is 7.46. The van der Waals surface area contributed by atoms with Crippen molar-refractivity contribution in [2.75, 3.05) is 17.1 Å². The van der Waals surface area contributed by atoms with E-state index in [0.29, 0.717) is 11.4 Å². The first-order valence-electron chi connectivity index (χ1n) is 9.69. The van der Waals surface area contributed by atoms with Gasteiger partial charge in [-0.3, -0.25) is 14.3 Å². The fourth-order valence-electron chi connectivity index (χ4n) is 2.70. The molecular weight excluding hydrogens is 446 g/mol. The Hall–Kier alpha value is -4.12. The van der Waals surface area contributed by atoms with Crippen molar-refractivity contribution in [2.24, 2.45) is 10.2 Å². The zero-order valence-electron chi connectivity index (χ0n) is 17.8. The second-order valence-electron chi connectivity index (χ2n) is 6.73. The van der Waals surface area contributed by atoms with Gasteiger partial charge in [0.2, 0.25) is 6.04 Å². The Balaban J connectivity index is 1.72. The highest BCUT2D eigenvalue weighted by molar-refractivity contribution is 7.92. The summed E-state index contributed by atoms with van der Waals surface area (Å²) in [6, 6.07) is 15.7. The smallest absolute Gasteiger partial charge is 0.263 e. The van der Waals surface area contributed by atoms with E-state index in [-0.39, 0.29) is 16.4 Å². The molecule has 2 N–H and O–H groups in total. The lowest BCUT2D eigenvalue weighted by Gasteiger charge is -2.12. The van der Waals surface area contributed by atoms with Gasteiger partial charge in [0.05, 0.1) is 23.4 Å². The lowest BCUT2D eigenvalue weighted by atomic mass is 10.2. The first-order valence-corrected chi connectivity index (χ1v) is 11.2. The van der Waals surface area contributed by atoms with Crippen LogP contribution in [-0.2, 0) is 19.6 Å². The van der Waals surface area contributed by atoms with Crippen LogP contribution < -0.4 is 14.8 Å². The van der Waals surface area contributed by atoms with Crippen LogP contribution in [0.25, 0.3) is 0 Å². The summed E-state index contributed by atoms with van der Waals surface area (Å²) in [7, 11) is -2.38. The average molecular weight is 468 g/mol. The minimum Gasteiger partial charge on any atom is -0.495 e. The molecule has 10 nitrogen and oxygen atoms in total. The summed E-state index contributed by atoms with van der Waals surface area (Å²) < 4.78 is 32.5. The monoisotopic (exact) mass is 467 g/mol. The van der Waals surface area contributed by atoms with Crippen molar-refractivity contribution in [3.05, 3.63) is 72.9 Å². The number of ether oxygens (including phenoxy) is 1. The standard InChI is InChI=1S/C22H21N5O5S/c1-15(28)21(22(29)24-18-7-3-4-8-19(18)32-2)26-25-16-10-12-17(13-11-16)33(30,31)27-20-9-5-6-14-23-20/h3-14,21H,1-2H3,(H,23,27)(H,24,29)/t21-/m1/s1. The van der Waals surface area contributed by atoms with Gasteiger partial charge in [-0.25, -0.2) is 13.4 Å². The molecule has 0 bridgehead atoms. The predicted molar refractivity (Wildman–Crippen MR) is 122 cm³/mol. The van der Waals surface area contributed by atoms with Crippen LogP contribution >= 0.6 is 0 Å². The van der Waals surface area contributed by atoms with Crippen molar-refractivity contribution in [2.45, 2.75) is 17.9 Å². The SMILES string of the molecule is COc1ccccc1NC(=O)[C@H](N=Nc1ccc(S(=O)(=O)Nc2ccccn2)cc1)C(C)=O. The number of rotatable bonds is 9. The molecule has 0 aliphatic rings. The lowest BCUT2D eigenvalue weighted by Crippen LogP contribution is -2.31. The van der Waals surface area contributed by atoms with Crippen LogP contribution in [0.15, 0.2) is 88.1 Å². The minimum absolute atomic E-state index is 0.0101. The number of Topliss-reactive ketones (excluding diaryl/α,β-unsaturated/α-hetero) is 1. The Morgan fingerprint density at radius 2 is 1.70 bits per heavy atom. The summed E-state index contributed by atoms with van der Waals surface area (Å²) in [5.41, 5.74) is 0.657. The average Bonchev–Trinajstić information content (AvgIpc) is 2.80. The summed E-state index contributed by atoms with van der Waals surface area (Å²) in [6.45, 7) is 1.23. The van der Waals surface area contributed by atoms with Crippen molar-refractivity contribution >= 4 is 38.9 Å². The van der Waals surface area contributed by atoms with Crippen molar-refractivity contribution in [1.29, 1.82) is 0 Å². The number of hydrogen-bond acceptors (Lipinski definition) is 8. The van der Waals surface area contributed by atoms with E-state index in [1.165, 1.54) is 50.6 Å². The Bertz CT molecular complexity index is 1260. The Morgan fingerprint density at radius 3 is 2.33 bits per heavy atom. The third-order valence-electron chi connectivity index (χ3n) is 4.34. The number of benzene rings is 2. The molecule has 1 amide bonds. The molecule has 11 heteroatoms. The molecule has 2 aromatic carbocycles. The molecule has 0 aliphatic carbocycles. The number of aromatic nitrogens is 1. The molecule has 3 aromatic rings. The third-order valence-corrected chi connectivity index (χ3v) is 5.71. The van der Waals surface area contributed by atoms with Gasteiger partial charge >= 0.3 is 0 Å². The van der Waals surface area contributed by atoms with Crippen molar-refractivity contribution in [3.63, 3.8) is 0 Å². The van der Waals surface area contributed by atoms with Gasteiger partial charge in [0.25, 0.3) is 15.9 Å². The molecule has 0 saturated carbocycles. The van der Waals surface area contributed by atoms with Crippen LogP contribution in [0.2, 0.25) is 0 Å². The van der Waals surface area contributed by atoms with Gasteiger partial charge in [0.1, 0.15) is 11.6 Å². The van der Waals surface area contributed by atoms with Gasteiger partial charge in [0, 0.05) is 6.20 Å². The molecule has 170 valence electrons. The van der Waals surface area contributed by atoms with E-state index in [1.54, 1.807) is 36.4 Å². The van der Waals surface area contributed by atoms with Gasteiger partial charge in [-0.15, -0.1) is 0 Å². The van der Waals surface area contributed by atoms with Gasteiger partial charge < -0.3 is 10.1 Å². The number of nitrogens with one attached hydrogen (secondary N) is 2. The van der Waals surface area contributed by atoms with E-state index >= 15 is 0 Å². The molecule has 0 saturated heterocycles. The van der Waals surface area contributed by atoms with Crippen LogP contribution in [0.4, 0.5) is 17.2 Å². The number of nitrogens with zero attached hydrogens (tertiary/aromatic N) is 3. The molecule has 0 radical (unpaired) electrons. The molecule has 1 heterocycles. The number of amides is 1. The Morgan fingerprint density at radius 1 is 1.00 bits per heavy atom. The van der Waals surface area contributed by atoms with Crippen LogP contribution in [0, 0.1) is 0 Å². The Labute approximate surface area is 190 Å². The number of ketones is 1. The molecule has 1 aromatic heterocycles. The fraction of sp³-hybridized carbons (Fsp3) is 0.136. The maximum Gasteiger partial charge on any atom is 0.263 e. The van der Waals surface area contributed by atoms with Crippen LogP contribution in [0.1, 0.15) is 6.92 Å². The molecular formula is C22H21N5O5S. The van der Waals surface area contributed by atoms with Crippen molar-refractivity contribution in [1.82, 2.24) is 4.98 Å². The molecule has 0 unspecified atom stereocenters. The second-order valence-corrected chi connectivity index (χ2v) is 8.41. The topological polar surface area (TPSA) is 139 Å². The number of sulfonamides is 1. The van der Waals surface area contributed by atoms with E-state index < -0.39 is 27.8 Å². The van der Waals surface area contributed by atoms with Gasteiger partial charge in [0.15, 0.2) is 5.78 Å². The van der Waals surface area contributed by atoms with Gasteiger partial charge in [-0.2, -0.15) is 10.2 Å². The number of anilines is 2. The summed E-state index contributed by atoms with van der Waals surface area (Å²) in [5, 5.41) is 10.4. The van der Waals surface area contributed by atoms with Gasteiger partial charge in [-0.1, -0.05) is 18.2 Å². The maximum absolute atomic E-state index is 12.6. The van der Waals surface area contributed by atoms with E-state index in [4.69, 9.17) is 4.74 Å². The summed E-state index contributed by atoms with van der Waals surface area (Å²) >= 11 is 0. The minimum atomic E-state index is -3.84. The van der Waals surface area contributed by atoms with E-state index in [1.807, 2.05) is 0 Å². The van der Waals surface area contributed by atoms with E-state index in [0.717, 1.165) is 0 Å². The molecule has 0 aliphatic heterocycles. The third kappa shape index (κ3) is 6.20. The summed E-state index contributed by atoms with van der Waals surface area (Å²) in [6.07, 6.45) is 1.47. The van der Waals surface area contributed by atoms with Crippen LogP contribution in [-0.4, -0.2) is 38.2 Å². The number of carbonyl (C=O) groups excluding carboxylic acids is 2. The number of para-hydroxylation sites is 2. The molecule has 0 spiro atoms. The van der Waals surface area contributed by atoms with Crippen LogP contribution in [0.5, 0.6) is 5.75 Å². The lowest BCUT2D eigenvalue weighted by molar-refractivity contribution is -0.126. The number of azo groups is 1. The van der Waals surface area contributed by atoms with Crippen LogP contribution in [0.3, 0.4) is 0 Å². The first-order chi connectivity index (χ1) is 15.8. The normalized spacial score (nSPS) is 12.2. The predicted octanol–water partition coefficient (Wildman–Crippen LogP) is 3.57. The number of hydrogen-bond donors (Lipinski definition) is 2. The van der Waals surface area contributed by atoms with Gasteiger partial charge in [-0.05, 0) is 55.5 Å². The molecule has 3 rings (SSSR count). The molecule has 0 fully saturated rings. The number of carbonyl (C=O) groups is 2. The zero-order chi connectivity index (χ0) is 23.8. The zero-order valence-corrected chi connectivity index (χ0v) is 18.6. The summed E-state index contributed by atoms with van der Waals surface area (Å²) in [4.78, 5) is 28.5. The highest BCUT2D eigenvalue weighted by Gasteiger charge is 2.24. The van der Waals surface area contributed by atoms with Crippen molar-refractivity contribution in [3.8, 4) is 5.75 Å². The first kappa shape index (κ1) is 23.5. The second kappa shape index (κ2) is 10.5. The van der Waals surface area contributed by atoms with E-state index in [9.17, 15) is 18.0 Å². The maximum atomic E-state index is 12.6.